The van der Waals surface area contributed by atoms with Crippen LogP contribution in [0.4, 0.5) is 0 Å². The zero-order chi connectivity index (χ0) is 16.6. The van der Waals surface area contributed by atoms with Crippen molar-refractivity contribution >= 4 is 0 Å². The molecule has 0 heteroatoms. The third-order valence-electron chi connectivity index (χ3n) is 2.46. The van der Waals surface area contributed by atoms with Crippen molar-refractivity contribution in [2.75, 3.05) is 0 Å². The second-order valence-corrected chi connectivity index (χ2v) is 4.52. The van der Waals surface area contributed by atoms with Crippen molar-refractivity contribution in [2.45, 2.75) is 57.8 Å². The third kappa shape index (κ3) is 45.7. The second kappa shape index (κ2) is 31.0. The molecular formula is C21H36. The first-order valence-electron chi connectivity index (χ1n) is 7.90. The SMILES string of the molecule is C=CCCC=C.C=CCCCC=C.C=CCCCCC=C. The minimum absolute atomic E-state index is 1.06. The van der Waals surface area contributed by atoms with Gasteiger partial charge in [0.2, 0.25) is 0 Å². The number of allylic oxidation sites excluding steroid dienone is 6. The van der Waals surface area contributed by atoms with Crippen LogP contribution in [-0.2, 0) is 0 Å². The van der Waals surface area contributed by atoms with Crippen LogP contribution in [0.3, 0.4) is 0 Å². The molecule has 0 amide bonds. The Morgan fingerprint density at radius 1 is 0.333 bits per heavy atom. The Morgan fingerprint density at radius 2 is 0.571 bits per heavy atom. The highest BCUT2D eigenvalue weighted by Gasteiger charge is 1.79. The molecule has 0 nitrogen and oxygen atoms in total. The molecule has 0 atom stereocenters. The highest BCUT2D eigenvalue weighted by Crippen LogP contribution is 1.99. The van der Waals surface area contributed by atoms with Crippen molar-refractivity contribution in [1.82, 2.24) is 0 Å². The Hall–Kier alpha value is -1.56. The predicted octanol–water partition coefficient (Wildman–Crippen LogP) is 7.59. The van der Waals surface area contributed by atoms with E-state index < -0.39 is 0 Å². The summed E-state index contributed by atoms with van der Waals surface area (Å²) in [5.74, 6) is 0. The summed E-state index contributed by atoms with van der Waals surface area (Å²) in [5, 5.41) is 0. The average molecular weight is 289 g/mol. The van der Waals surface area contributed by atoms with Gasteiger partial charge < -0.3 is 0 Å². The molecule has 0 aromatic heterocycles. The summed E-state index contributed by atoms with van der Waals surface area (Å²) in [6.07, 6.45) is 21.9. The minimum atomic E-state index is 1.06. The van der Waals surface area contributed by atoms with Crippen LogP contribution >= 0.6 is 0 Å². The van der Waals surface area contributed by atoms with Gasteiger partial charge in [0.25, 0.3) is 0 Å². The summed E-state index contributed by atoms with van der Waals surface area (Å²) >= 11 is 0. The van der Waals surface area contributed by atoms with Crippen molar-refractivity contribution in [3.05, 3.63) is 75.9 Å². The van der Waals surface area contributed by atoms with Gasteiger partial charge in [0.05, 0.1) is 0 Å². The zero-order valence-electron chi connectivity index (χ0n) is 14.1. The lowest BCUT2D eigenvalue weighted by molar-refractivity contribution is 0.764. The quantitative estimate of drug-likeness (QED) is 0.256. The van der Waals surface area contributed by atoms with Gasteiger partial charge in [-0.3, -0.25) is 0 Å². The topological polar surface area (TPSA) is 0 Å². The maximum Gasteiger partial charge on any atom is -0.0319 e. The highest BCUT2D eigenvalue weighted by molar-refractivity contribution is 4.74. The molecule has 0 aliphatic heterocycles. The average Bonchev–Trinajstić information content (AvgIpc) is 2.51. The zero-order valence-corrected chi connectivity index (χ0v) is 14.1. The van der Waals surface area contributed by atoms with E-state index in [0.29, 0.717) is 0 Å². The number of hydrogen-bond donors (Lipinski definition) is 0. The van der Waals surface area contributed by atoms with Crippen molar-refractivity contribution in [3.8, 4) is 0 Å². The van der Waals surface area contributed by atoms with Gasteiger partial charge >= 0.3 is 0 Å². The minimum Gasteiger partial charge on any atom is -0.103 e. The summed E-state index contributed by atoms with van der Waals surface area (Å²) < 4.78 is 0. The number of hydrogen-bond acceptors (Lipinski definition) is 0. The van der Waals surface area contributed by atoms with Crippen LogP contribution in [0.2, 0.25) is 0 Å². The van der Waals surface area contributed by atoms with E-state index in [2.05, 4.69) is 39.5 Å². The summed E-state index contributed by atoms with van der Waals surface area (Å²) in [7, 11) is 0. The van der Waals surface area contributed by atoms with Crippen LogP contribution in [0.25, 0.3) is 0 Å². The lowest BCUT2D eigenvalue weighted by atomic mass is 10.2. The molecule has 0 aliphatic rings. The van der Waals surface area contributed by atoms with E-state index in [1.54, 1.807) is 0 Å². The summed E-state index contributed by atoms with van der Waals surface area (Å²) in [6.45, 7) is 21.6. The van der Waals surface area contributed by atoms with Crippen molar-refractivity contribution in [3.63, 3.8) is 0 Å². The molecule has 0 saturated heterocycles. The molecule has 0 radical (unpaired) electrons. The first-order valence-corrected chi connectivity index (χ1v) is 7.90. The molecule has 0 fully saturated rings. The molecule has 21 heavy (non-hydrogen) atoms. The second-order valence-electron chi connectivity index (χ2n) is 4.52. The standard InChI is InChI=1S/C8H14.C7H12.C6H10/c1-3-5-7-8-6-4-2;1-3-5-7-6-4-2;1-3-5-6-4-2/h3-4H,1-2,5-8H2;3-4H,1-2,5-7H2;3-4H,1-2,5-6H2. The Morgan fingerprint density at radius 3 is 0.810 bits per heavy atom. The van der Waals surface area contributed by atoms with Gasteiger partial charge in [-0.25, -0.2) is 0 Å². The molecule has 0 unspecified atom stereocenters. The maximum atomic E-state index is 3.63. The van der Waals surface area contributed by atoms with Gasteiger partial charge in [-0.15, -0.1) is 39.5 Å². The molecule has 0 heterocycles. The smallest absolute Gasteiger partial charge is 0.0319 e. The molecule has 0 aromatic carbocycles. The Kier molecular flexibility index (Phi) is 36.2. The monoisotopic (exact) mass is 288 g/mol. The van der Waals surface area contributed by atoms with Gasteiger partial charge in [-0.1, -0.05) is 36.5 Å². The molecule has 0 spiro atoms. The fourth-order valence-corrected chi connectivity index (χ4v) is 1.22. The van der Waals surface area contributed by atoms with E-state index >= 15 is 0 Å². The van der Waals surface area contributed by atoms with Gasteiger partial charge in [0, 0.05) is 0 Å². The molecule has 0 saturated carbocycles. The Labute approximate surface area is 134 Å². The highest BCUT2D eigenvalue weighted by atomic mass is 13.9. The van der Waals surface area contributed by atoms with Crippen LogP contribution in [0.5, 0.6) is 0 Å². The van der Waals surface area contributed by atoms with Crippen LogP contribution in [0.1, 0.15) is 57.8 Å². The van der Waals surface area contributed by atoms with E-state index in [4.69, 9.17) is 0 Å². The van der Waals surface area contributed by atoms with E-state index in [-0.39, 0.29) is 0 Å². The number of unbranched alkanes of at least 4 members (excludes halogenated alkanes) is 6. The van der Waals surface area contributed by atoms with E-state index in [9.17, 15) is 0 Å². The molecule has 0 N–H and O–H groups in total. The Bertz CT molecular complexity index is 219. The lowest BCUT2D eigenvalue weighted by Crippen LogP contribution is -1.69. The summed E-state index contributed by atoms with van der Waals surface area (Å²) in [4.78, 5) is 0. The number of rotatable bonds is 12. The van der Waals surface area contributed by atoms with E-state index in [1.165, 1.54) is 19.3 Å². The third-order valence-corrected chi connectivity index (χ3v) is 2.46. The summed E-state index contributed by atoms with van der Waals surface area (Å²) in [5.41, 5.74) is 0. The van der Waals surface area contributed by atoms with Crippen molar-refractivity contribution in [1.29, 1.82) is 0 Å². The van der Waals surface area contributed by atoms with Gasteiger partial charge in [-0.2, -0.15) is 0 Å². The van der Waals surface area contributed by atoms with Crippen LogP contribution in [0, 0.1) is 0 Å². The fourth-order valence-electron chi connectivity index (χ4n) is 1.22. The predicted molar refractivity (Wildman–Crippen MR) is 103 cm³/mol. The molecule has 120 valence electrons. The normalized spacial score (nSPS) is 8.00. The first-order chi connectivity index (χ1) is 10.2. The Balaban J connectivity index is -0.000000234. The largest absolute Gasteiger partial charge is 0.103 e. The molecular weight excluding hydrogens is 252 g/mol. The molecule has 0 aromatic rings. The van der Waals surface area contributed by atoms with Crippen LogP contribution < -0.4 is 0 Å². The van der Waals surface area contributed by atoms with Gasteiger partial charge in [0.1, 0.15) is 0 Å². The van der Waals surface area contributed by atoms with Gasteiger partial charge in [0.15, 0.2) is 0 Å². The van der Waals surface area contributed by atoms with Crippen LogP contribution in [-0.4, -0.2) is 0 Å². The van der Waals surface area contributed by atoms with Crippen molar-refractivity contribution < 1.29 is 0 Å². The van der Waals surface area contributed by atoms with Crippen molar-refractivity contribution in [2.24, 2.45) is 0 Å². The van der Waals surface area contributed by atoms with Gasteiger partial charge in [-0.05, 0) is 57.8 Å². The first kappa shape index (κ1) is 24.5. The fraction of sp³-hybridized carbons (Fsp3) is 0.429. The van der Waals surface area contributed by atoms with Crippen LogP contribution in [0.15, 0.2) is 75.9 Å². The van der Waals surface area contributed by atoms with E-state index in [0.717, 1.165) is 38.5 Å². The van der Waals surface area contributed by atoms with E-state index in [1.807, 2.05) is 36.5 Å². The molecule has 0 bridgehead atoms. The lowest BCUT2D eigenvalue weighted by Gasteiger charge is -1.89. The molecule has 0 rings (SSSR count). The molecule has 0 aliphatic carbocycles. The maximum absolute atomic E-state index is 3.63. The summed E-state index contributed by atoms with van der Waals surface area (Å²) in [6, 6.07) is 0.